The Morgan fingerprint density at radius 1 is 0.161 bits per heavy atom. The molecule has 12 nitrogen and oxygen atoms in total. The zero-order valence-corrected chi connectivity index (χ0v) is 75.6. The van der Waals surface area contributed by atoms with Gasteiger partial charge in [-0.15, -0.1) is 0 Å². The minimum atomic E-state index is -1.16. The van der Waals surface area contributed by atoms with E-state index in [1.165, 1.54) is 21.5 Å². The SMILES string of the molecule is COc1ccc(N(c2ccc3c(c2)C2(c4cc(N(c5ccc(OC)cc5)c5ccc6c7ccccc7n(-c7ccccc7)c6c5)ccc4-3)c3cc(N(c4ccc(OC)cc4)c4ccc5c6ccccc6n(-c6ccccc6)c5c4)ccc3-c3ccc(N(c4ccc(OC)cc4)c4ccc5c6ccccc6n(-c6ccccc6)c5c4)cc32)c2ccc3c4ccccc4n(-c4ccccc4)c3c2)cc1. The number of hydrogen-bond acceptors (Lipinski definition) is 8. The van der Waals surface area contributed by atoms with E-state index in [0.29, 0.717) is 0 Å². The standard InChI is InChI=1S/C125H88N8O4/c1-134-97-57-41-85(42-58-97)126(93-53-69-109-105-33-17-21-37-117(105)130(121(109)77-93)81-25-9-5-10-26-81)89-49-65-101-102-66-50-90(127(86-43-59-98(135-2)60-44-86)94-54-70-110-106-34-18-22-38-118(106)131(122(110)78-94)82-27-11-6-12-28-82)74-114(102)125(113(101)73-89)115-75-91(128(87-45-61-99(136-3)62-46-87)95-55-71-111-107-35-19-23-39-119(107)132(123(111)79-95)83-29-13-7-14-30-83)51-67-103(115)104-68-52-92(76-116(104)125)129(88-47-63-100(137-4)64-48-88)96-56-72-112-108-36-20-24-40-120(108)133(124(112)80-96)84-31-15-8-16-32-84/h5-80H,1-4H3. The topological polar surface area (TPSA) is 69.6 Å². The van der Waals surface area contributed by atoms with Gasteiger partial charge in [0.1, 0.15) is 23.0 Å². The highest BCUT2D eigenvalue weighted by atomic mass is 16.5. The number of benzene rings is 20. The molecular formula is C125H88N8O4. The van der Waals surface area contributed by atoms with E-state index in [-0.39, 0.29) is 0 Å². The van der Waals surface area contributed by atoms with Gasteiger partial charge in [0.25, 0.3) is 0 Å². The monoisotopic (exact) mass is 1760 g/mol. The fourth-order valence-electron chi connectivity index (χ4n) is 22.3. The van der Waals surface area contributed by atoms with Gasteiger partial charge in [-0.2, -0.15) is 0 Å². The molecule has 12 heteroatoms. The molecule has 0 radical (unpaired) electrons. The van der Waals surface area contributed by atoms with Gasteiger partial charge in [-0.05, 0) is 311 Å². The molecule has 0 N–H and O–H groups in total. The largest absolute Gasteiger partial charge is 0.497 e. The average Bonchev–Trinajstić information content (AvgIpc) is 1.50. The average molecular weight is 1770 g/mol. The van der Waals surface area contributed by atoms with Crippen LogP contribution in [-0.2, 0) is 5.41 Å². The van der Waals surface area contributed by atoms with Crippen molar-refractivity contribution in [1.82, 2.24) is 18.3 Å². The second-order valence-electron chi connectivity index (χ2n) is 35.4. The zero-order chi connectivity index (χ0) is 91.1. The van der Waals surface area contributed by atoms with Crippen LogP contribution in [-0.4, -0.2) is 46.7 Å². The summed E-state index contributed by atoms with van der Waals surface area (Å²) in [6.45, 7) is 0. The van der Waals surface area contributed by atoms with Gasteiger partial charge >= 0.3 is 0 Å². The number of ether oxygens (including phenoxy) is 4. The summed E-state index contributed by atoms with van der Waals surface area (Å²) < 4.78 is 33.8. The molecule has 4 aromatic heterocycles. The number of hydrogen-bond donors (Lipinski definition) is 0. The summed E-state index contributed by atoms with van der Waals surface area (Å²) in [5.41, 5.74) is 32.3. The van der Waals surface area contributed by atoms with Crippen LogP contribution in [0.1, 0.15) is 22.3 Å². The molecule has 0 saturated carbocycles. The minimum absolute atomic E-state index is 0.754. The predicted molar refractivity (Wildman–Crippen MR) is 565 cm³/mol. The molecule has 0 fully saturated rings. The lowest BCUT2D eigenvalue weighted by atomic mass is 9.70. The highest BCUT2D eigenvalue weighted by Crippen LogP contribution is 2.66. The summed E-state index contributed by atoms with van der Waals surface area (Å²) in [7, 11) is 6.95. The van der Waals surface area contributed by atoms with Crippen LogP contribution in [0.3, 0.4) is 0 Å². The Morgan fingerprint density at radius 2 is 0.336 bits per heavy atom. The first-order chi connectivity index (χ1) is 67.7. The number of anilines is 12. The van der Waals surface area contributed by atoms with Crippen molar-refractivity contribution < 1.29 is 18.9 Å². The van der Waals surface area contributed by atoms with Gasteiger partial charge in [-0.25, -0.2) is 0 Å². The van der Waals surface area contributed by atoms with Gasteiger partial charge in [-0.1, -0.05) is 194 Å². The summed E-state index contributed by atoms with van der Waals surface area (Å²) in [5.74, 6) is 3.02. The Kier molecular flexibility index (Phi) is 18.8. The third-order valence-electron chi connectivity index (χ3n) is 28.3. The van der Waals surface area contributed by atoms with Gasteiger partial charge in [0.05, 0.1) is 78.0 Å². The molecule has 0 aliphatic heterocycles. The van der Waals surface area contributed by atoms with Crippen LogP contribution in [0.4, 0.5) is 68.2 Å². The van der Waals surface area contributed by atoms with Crippen LogP contribution >= 0.6 is 0 Å². The summed E-state index contributed by atoms with van der Waals surface area (Å²) in [6, 6.07) is 169. The Morgan fingerprint density at radius 3 is 0.547 bits per heavy atom. The summed E-state index contributed by atoms with van der Waals surface area (Å²) >= 11 is 0. The number of rotatable bonds is 20. The van der Waals surface area contributed by atoms with Gasteiger partial charge in [0.15, 0.2) is 0 Å². The smallest absolute Gasteiger partial charge is 0.119 e. The Labute approximate surface area is 792 Å². The Balaban J connectivity index is 0.779. The summed E-state index contributed by atoms with van der Waals surface area (Å²) in [6.07, 6.45) is 0. The van der Waals surface area contributed by atoms with Gasteiger partial charge < -0.3 is 56.8 Å². The number of nitrogens with zero attached hydrogens (tertiary/aromatic N) is 8. The van der Waals surface area contributed by atoms with E-state index in [4.69, 9.17) is 18.9 Å². The summed E-state index contributed by atoms with van der Waals surface area (Å²) in [5, 5.41) is 9.30. The van der Waals surface area contributed by atoms with Crippen LogP contribution in [0.5, 0.6) is 23.0 Å². The van der Waals surface area contributed by atoms with E-state index < -0.39 is 5.41 Å². The lowest BCUT2D eigenvalue weighted by Crippen LogP contribution is -2.27. The molecule has 137 heavy (non-hydrogen) atoms. The first kappa shape index (κ1) is 79.9. The molecule has 0 saturated heterocycles. The lowest BCUT2D eigenvalue weighted by Gasteiger charge is -2.35. The molecule has 1 spiro atoms. The quantitative estimate of drug-likeness (QED) is 0.0748. The number of fused-ring (bicyclic) bond motifs is 22. The highest BCUT2D eigenvalue weighted by Gasteiger charge is 2.53. The molecule has 4 heterocycles. The fourth-order valence-corrected chi connectivity index (χ4v) is 22.3. The molecule has 0 atom stereocenters. The molecule has 0 unspecified atom stereocenters. The second-order valence-corrected chi connectivity index (χ2v) is 35.4. The van der Waals surface area contributed by atoms with E-state index >= 15 is 0 Å². The van der Waals surface area contributed by atoms with Crippen molar-refractivity contribution in [3.05, 3.63) is 483 Å². The molecule has 20 aromatic carbocycles. The van der Waals surface area contributed by atoms with Crippen molar-refractivity contribution in [2.24, 2.45) is 0 Å². The van der Waals surface area contributed by atoms with Crippen molar-refractivity contribution in [3.8, 4) is 68.0 Å². The van der Waals surface area contributed by atoms with Gasteiger partial charge in [0, 0.05) is 134 Å². The van der Waals surface area contributed by atoms with Crippen LogP contribution < -0.4 is 38.5 Å². The maximum absolute atomic E-state index is 6.03. The second kappa shape index (κ2) is 32.2. The molecular weight excluding hydrogens is 1680 g/mol. The molecule has 0 bridgehead atoms. The zero-order valence-electron chi connectivity index (χ0n) is 75.6. The maximum atomic E-state index is 6.03. The van der Waals surface area contributed by atoms with E-state index in [1.807, 2.05) is 0 Å². The highest BCUT2D eigenvalue weighted by molar-refractivity contribution is 6.15. The third kappa shape index (κ3) is 12.7. The Bertz CT molecular complexity index is 7860. The van der Waals surface area contributed by atoms with E-state index in [9.17, 15) is 0 Å². The van der Waals surface area contributed by atoms with Gasteiger partial charge in [-0.3, -0.25) is 0 Å². The number of methoxy groups -OCH3 is 4. The lowest BCUT2D eigenvalue weighted by molar-refractivity contribution is 0.414. The van der Waals surface area contributed by atoms with Crippen LogP contribution in [0, 0.1) is 0 Å². The van der Waals surface area contributed by atoms with Crippen LogP contribution in [0.2, 0.25) is 0 Å². The van der Waals surface area contributed by atoms with E-state index in [0.717, 1.165) is 224 Å². The molecule has 2 aliphatic carbocycles. The van der Waals surface area contributed by atoms with Crippen molar-refractivity contribution >= 4 is 155 Å². The minimum Gasteiger partial charge on any atom is -0.497 e. The predicted octanol–water partition coefficient (Wildman–Crippen LogP) is 32.3. The first-order valence-electron chi connectivity index (χ1n) is 46.5. The molecule has 652 valence electrons. The van der Waals surface area contributed by atoms with Crippen molar-refractivity contribution in [2.45, 2.75) is 5.41 Å². The molecule has 26 rings (SSSR count). The summed E-state index contributed by atoms with van der Waals surface area (Å²) in [4.78, 5) is 9.78. The first-order valence-corrected chi connectivity index (χ1v) is 46.5. The van der Waals surface area contributed by atoms with Crippen molar-refractivity contribution in [2.75, 3.05) is 48.0 Å². The number of para-hydroxylation sites is 8. The van der Waals surface area contributed by atoms with Gasteiger partial charge in [0.2, 0.25) is 0 Å². The maximum Gasteiger partial charge on any atom is 0.119 e. The van der Waals surface area contributed by atoms with Crippen molar-refractivity contribution in [3.63, 3.8) is 0 Å². The Hall–Kier alpha value is -18.0. The third-order valence-corrected chi connectivity index (χ3v) is 28.3. The van der Waals surface area contributed by atoms with Crippen LogP contribution in [0.25, 0.3) is 132 Å². The van der Waals surface area contributed by atoms with Crippen LogP contribution in [0.15, 0.2) is 461 Å². The molecule has 2 aliphatic rings. The van der Waals surface area contributed by atoms with E-state index in [2.05, 4.69) is 499 Å². The molecule has 0 amide bonds. The fraction of sp³-hybridized carbons (Fsp3) is 0.0400. The van der Waals surface area contributed by atoms with E-state index in [1.54, 1.807) is 28.4 Å². The number of aromatic nitrogens is 4. The molecule has 24 aromatic rings. The normalized spacial score (nSPS) is 12.3. The van der Waals surface area contributed by atoms with Crippen molar-refractivity contribution in [1.29, 1.82) is 0 Å².